The first-order chi connectivity index (χ1) is 11.5. The molecule has 0 aliphatic heterocycles. The molecule has 0 heterocycles. The van der Waals surface area contributed by atoms with E-state index < -0.39 is 5.60 Å². The third-order valence-electron chi connectivity index (χ3n) is 3.79. The molecule has 0 aliphatic rings. The lowest BCUT2D eigenvalue weighted by Gasteiger charge is -2.24. The quantitative estimate of drug-likeness (QED) is 0.779. The lowest BCUT2D eigenvalue weighted by molar-refractivity contribution is 0.0566. The van der Waals surface area contributed by atoms with Gasteiger partial charge in [0.25, 0.3) is 0 Å². The second kappa shape index (κ2) is 8.13. The van der Waals surface area contributed by atoms with E-state index in [4.69, 9.17) is 9.47 Å². The van der Waals surface area contributed by atoms with Crippen LogP contribution in [0.25, 0.3) is 0 Å². The summed E-state index contributed by atoms with van der Waals surface area (Å²) in [5.74, 6) is 1.08. The van der Waals surface area contributed by atoms with Crippen molar-refractivity contribution in [2.45, 2.75) is 26.0 Å². The first-order valence-electron chi connectivity index (χ1n) is 7.95. The molecule has 2 aromatic rings. The third-order valence-corrected chi connectivity index (χ3v) is 3.79. The Morgan fingerprint density at radius 3 is 2.46 bits per heavy atom. The topological polar surface area (TPSA) is 50.7 Å². The maximum absolute atomic E-state index is 13.0. The molecule has 0 amide bonds. The molecule has 0 radical (unpaired) electrons. The van der Waals surface area contributed by atoms with Gasteiger partial charge in [0, 0.05) is 13.1 Å². The summed E-state index contributed by atoms with van der Waals surface area (Å²) >= 11 is 0. The van der Waals surface area contributed by atoms with Crippen molar-refractivity contribution < 1.29 is 19.0 Å². The lowest BCUT2D eigenvalue weighted by Crippen LogP contribution is -2.35. The van der Waals surface area contributed by atoms with Crippen LogP contribution in [0.15, 0.2) is 42.5 Å². The van der Waals surface area contributed by atoms with Gasteiger partial charge in [-0.05, 0) is 49.2 Å². The van der Waals surface area contributed by atoms with Crippen molar-refractivity contribution in [1.29, 1.82) is 0 Å². The van der Waals surface area contributed by atoms with Crippen LogP contribution in [0.5, 0.6) is 11.5 Å². The zero-order chi connectivity index (χ0) is 17.6. The minimum absolute atomic E-state index is 0.316. The van der Waals surface area contributed by atoms with Crippen LogP contribution in [0.1, 0.15) is 25.0 Å². The van der Waals surface area contributed by atoms with Crippen molar-refractivity contribution in [2.24, 2.45) is 0 Å². The highest BCUT2D eigenvalue weighted by Gasteiger charge is 2.22. The molecule has 2 N–H and O–H groups in total. The summed E-state index contributed by atoms with van der Waals surface area (Å²) in [7, 11) is 1.61. The average Bonchev–Trinajstić information content (AvgIpc) is 2.56. The van der Waals surface area contributed by atoms with Gasteiger partial charge in [-0.15, -0.1) is 0 Å². The predicted molar refractivity (Wildman–Crippen MR) is 91.8 cm³/mol. The fraction of sp³-hybridized carbons (Fsp3) is 0.368. The lowest BCUT2D eigenvalue weighted by atomic mass is 9.96. The molecular weight excluding hydrogens is 309 g/mol. The molecule has 1 unspecified atom stereocenters. The highest BCUT2D eigenvalue weighted by atomic mass is 19.1. The van der Waals surface area contributed by atoms with E-state index in [0.29, 0.717) is 36.8 Å². The minimum Gasteiger partial charge on any atom is -0.493 e. The van der Waals surface area contributed by atoms with E-state index in [-0.39, 0.29) is 5.82 Å². The number of aliphatic hydroxyl groups is 1. The number of halogens is 1. The van der Waals surface area contributed by atoms with Crippen LogP contribution in [-0.4, -0.2) is 25.4 Å². The van der Waals surface area contributed by atoms with Crippen LogP contribution in [-0.2, 0) is 12.1 Å². The molecule has 0 bridgehead atoms. The van der Waals surface area contributed by atoms with Crippen LogP contribution in [0.2, 0.25) is 0 Å². The van der Waals surface area contributed by atoms with Gasteiger partial charge in [-0.3, -0.25) is 0 Å². The summed E-state index contributed by atoms with van der Waals surface area (Å²) in [5.41, 5.74) is 0.606. The molecule has 4 nitrogen and oxygen atoms in total. The maximum Gasteiger partial charge on any atom is 0.161 e. The molecule has 1 atom stereocenters. The molecule has 24 heavy (non-hydrogen) atoms. The first-order valence-corrected chi connectivity index (χ1v) is 7.95. The van der Waals surface area contributed by atoms with E-state index in [1.807, 2.05) is 25.1 Å². The van der Waals surface area contributed by atoms with E-state index in [9.17, 15) is 9.50 Å². The van der Waals surface area contributed by atoms with Gasteiger partial charge >= 0.3 is 0 Å². The molecule has 5 heteroatoms. The Kier molecular flexibility index (Phi) is 6.17. The Bertz CT molecular complexity index is 656. The average molecular weight is 333 g/mol. The number of hydrogen-bond donors (Lipinski definition) is 2. The van der Waals surface area contributed by atoms with Gasteiger partial charge in [0.15, 0.2) is 11.5 Å². The van der Waals surface area contributed by atoms with Crippen molar-refractivity contribution in [1.82, 2.24) is 5.32 Å². The Labute approximate surface area is 142 Å². The van der Waals surface area contributed by atoms with Crippen LogP contribution < -0.4 is 14.8 Å². The SMILES string of the molecule is CCOc1ccc(CNCC(C)(O)c2ccc(F)cc2)cc1OC. The predicted octanol–water partition coefficient (Wildman–Crippen LogP) is 3.23. The van der Waals surface area contributed by atoms with Gasteiger partial charge in [0.2, 0.25) is 0 Å². The van der Waals surface area contributed by atoms with Crippen LogP contribution >= 0.6 is 0 Å². The normalized spacial score (nSPS) is 13.4. The van der Waals surface area contributed by atoms with Crippen molar-refractivity contribution in [2.75, 3.05) is 20.3 Å². The number of hydrogen-bond acceptors (Lipinski definition) is 4. The van der Waals surface area contributed by atoms with Gasteiger partial charge < -0.3 is 19.9 Å². The van der Waals surface area contributed by atoms with E-state index in [1.54, 1.807) is 26.2 Å². The molecule has 2 aromatic carbocycles. The molecule has 0 fully saturated rings. The molecule has 130 valence electrons. The number of rotatable bonds is 8. The van der Waals surface area contributed by atoms with E-state index in [2.05, 4.69) is 5.32 Å². The summed E-state index contributed by atoms with van der Waals surface area (Å²) in [6.07, 6.45) is 0. The summed E-state index contributed by atoms with van der Waals surface area (Å²) in [6.45, 7) is 5.11. The highest BCUT2D eigenvalue weighted by Crippen LogP contribution is 2.28. The minimum atomic E-state index is -1.08. The van der Waals surface area contributed by atoms with Gasteiger partial charge in [-0.1, -0.05) is 18.2 Å². The largest absolute Gasteiger partial charge is 0.493 e. The fourth-order valence-corrected chi connectivity index (χ4v) is 2.46. The summed E-state index contributed by atoms with van der Waals surface area (Å²) < 4.78 is 23.8. The summed E-state index contributed by atoms with van der Waals surface area (Å²) in [5, 5.41) is 13.8. The molecule has 2 rings (SSSR count). The zero-order valence-electron chi connectivity index (χ0n) is 14.3. The van der Waals surface area contributed by atoms with Crippen molar-refractivity contribution in [3.8, 4) is 11.5 Å². The molecule has 0 spiro atoms. The molecule has 0 saturated carbocycles. The smallest absolute Gasteiger partial charge is 0.161 e. The number of nitrogens with one attached hydrogen (secondary N) is 1. The van der Waals surface area contributed by atoms with Crippen LogP contribution in [0.4, 0.5) is 4.39 Å². The Balaban J connectivity index is 1.97. The maximum atomic E-state index is 13.0. The molecule has 0 aliphatic carbocycles. The van der Waals surface area contributed by atoms with Crippen molar-refractivity contribution in [3.05, 3.63) is 59.4 Å². The van der Waals surface area contributed by atoms with Crippen molar-refractivity contribution >= 4 is 0 Å². The monoisotopic (exact) mass is 333 g/mol. The first kappa shape index (κ1) is 18.2. The number of methoxy groups -OCH3 is 1. The summed E-state index contributed by atoms with van der Waals surface area (Å²) in [4.78, 5) is 0. The number of ether oxygens (including phenoxy) is 2. The van der Waals surface area contributed by atoms with Gasteiger partial charge in [-0.2, -0.15) is 0 Å². The van der Waals surface area contributed by atoms with Gasteiger partial charge in [0.1, 0.15) is 5.82 Å². The highest BCUT2D eigenvalue weighted by molar-refractivity contribution is 5.43. The second-order valence-electron chi connectivity index (χ2n) is 5.80. The van der Waals surface area contributed by atoms with E-state index >= 15 is 0 Å². The summed E-state index contributed by atoms with van der Waals surface area (Å²) in [6, 6.07) is 11.6. The Hall–Kier alpha value is -2.11. The Morgan fingerprint density at radius 1 is 1.12 bits per heavy atom. The van der Waals surface area contributed by atoms with Crippen LogP contribution in [0, 0.1) is 5.82 Å². The standard InChI is InChI=1S/C19H24FNO3/c1-4-24-17-10-5-14(11-18(17)23-3)12-21-13-19(2,22)15-6-8-16(20)9-7-15/h5-11,21-22H,4,12-13H2,1-3H3. The molecular formula is C19H24FNO3. The number of benzene rings is 2. The van der Waals surface area contributed by atoms with Crippen molar-refractivity contribution in [3.63, 3.8) is 0 Å². The van der Waals surface area contributed by atoms with E-state index in [0.717, 1.165) is 5.56 Å². The van der Waals surface area contributed by atoms with Gasteiger partial charge in [0.05, 0.1) is 19.3 Å². The fourth-order valence-electron chi connectivity index (χ4n) is 2.46. The third kappa shape index (κ3) is 4.69. The van der Waals surface area contributed by atoms with Gasteiger partial charge in [-0.25, -0.2) is 4.39 Å². The zero-order valence-corrected chi connectivity index (χ0v) is 14.3. The van der Waals surface area contributed by atoms with Crippen LogP contribution in [0.3, 0.4) is 0 Å². The molecule has 0 saturated heterocycles. The Morgan fingerprint density at radius 2 is 1.83 bits per heavy atom. The second-order valence-corrected chi connectivity index (χ2v) is 5.80. The van der Waals surface area contributed by atoms with E-state index in [1.165, 1.54) is 12.1 Å². The molecule has 0 aromatic heterocycles.